The molecule has 2 aliphatic rings. The van der Waals surface area contributed by atoms with Gasteiger partial charge in [0.1, 0.15) is 5.82 Å². The van der Waals surface area contributed by atoms with Gasteiger partial charge in [0.25, 0.3) is 0 Å². The molecule has 150 valence electrons. The molecule has 1 saturated carbocycles. The van der Waals surface area contributed by atoms with Crippen molar-refractivity contribution >= 4 is 44.2 Å². The van der Waals surface area contributed by atoms with Crippen LogP contribution in [0.4, 0.5) is 5.82 Å². The highest BCUT2D eigenvalue weighted by atomic mass is 32.2. The molecule has 9 heteroatoms. The Balaban J connectivity index is 1.49. The highest BCUT2D eigenvalue weighted by Gasteiger charge is 2.41. The average molecular weight is 421 g/mol. The second kappa shape index (κ2) is 7.87. The lowest BCUT2D eigenvalue weighted by Gasteiger charge is -2.28. The third-order valence-corrected chi connectivity index (χ3v) is 7.66. The molecule has 2 heterocycles. The van der Waals surface area contributed by atoms with E-state index in [2.05, 4.69) is 15.3 Å². The number of fused-ring (bicyclic) bond motifs is 1. The monoisotopic (exact) mass is 420 g/mol. The lowest BCUT2D eigenvalue weighted by atomic mass is 10.2. The van der Waals surface area contributed by atoms with Crippen LogP contribution in [0.2, 0.25) is 0 Å². The van der Waals surface area contributed by atoms with Crippen molar-refractivity contribution in [3.8, 4) is 0 Å². The van der Waals surface area contributed by atoms with Crippen LogP contribution in [0.15, 0.2) is 29.4 Å². The lowest BCUT2D eigenvalue weighted by molar-refractivity contribution is -0.130. The molecule has 1 unspecified atom stereocenters. The van der Waals surface area contributed by atoms with Gasteiger partial charge in [0.05, 0.1) is 22.8 Å². The van der Waals surface area contributed by atoms with Crippen molar-refractivity contribution in [2.45, 2.75) is 43.4 Å². The fraction of sp³-hybridized carbons (Fsp3) is 0.526. The summed E-state index contributed by atoms with van der Waals surface area (Å²) in [5.41, 5.74) is 0.837. The summed E-state index contributed by atoms with van der Waals surface area (Å²) in [7, 11) is -3.02. The Morgan fingerprint density at radius 1 is 1.21 bits per heavy atom. The number of anilines is 1. The standard InChI is InChI=1S/C19H24N4O3S2/c1-2-20-18-15-5-3-4-6-16(15)21-19(22-18)27-11-17(24)23(13-7-8-13)14-9-10-28(25,26)12-14/h3-6,13-14H,2,7-12H2,1H3,(H,20,21,22). The first-order valence-corrected chi connectivity index (χ1v) is 12.4. The fourth-order valence-electron chi connectivity index (χ4n) is 3.68. The van der Waals surface area contributed by atoms with E-state index in [1.54, 1.807) is 0 Å². The van der Waals surface area contributed by atoms with Gasteiger partial charge in [-0.15, -0.1) is 0 Å². The molecule has 0 radical (unpaired) electrons. The minimum Gasteiger partial charge on any atom is -0.370 e. The SMILES string of the molecule is CCNc1nc(SCC(=O)N(C2CC2)C2CCS(=O)(=O)C2)nc2ccccc12. The van der Waals surface area contributed by atoms with Gasteiger partial charge in [-0.2, -0.15) is 0 Å². The molecule has 1 N–H and O–H groups in total. The summed E-state index contributed by atoms with van der Waals surface area (Å²) in [5, 5.41) is 4.76. The number of rotatable bonds is 7. The van der Waals surface area contributed by atoms with Gasteiger partial charge in [0, 0.05) is 24.0 Å². The molecule has 7 nitrogen and oxygen atoms in total. The summed E-state index contributed by atoms with van der Waals surface area (Å²) in [5.74, 6) is 1.25. The van der Waals surface area contributed by atoms with Gasteiger partial charge in [-0.25, -0.2) is 18.4 Å². The topological polar surface area (TPSA) is 92.3 Å². The molecule has 1 amide bonds. The maximum atomic E-state index is 12.9. The van der Waals surface area contributed by atoms with Gasteiger partial charge in [0.2, 0.25) is 5.91 Å². The van der Waals surface area contributed by atoms with E-state index in [1.165, 1.54) is 11.8 Å². The number of sulfone groups is 1. The van der Waals surface area contributed by atoms with Crippen molar-refractivity contribution in [3.05, 3.63) is 24.3 Å². The molecule has 1 aliphatic carbocycles. The first-order valence-electron chi connectivity index (χ1n) is 9.62. The van der Waals surface area contributed by atoms with E-state index in [0.29, 0.717) is 11.6 Å². The third kappa shape index (κ3) is 4.25. The predicted molar refractivity (Wildman–Crippen MR) is 111 cm³/mol. The first kappa shape index (κ1) is 19.4. The number of nitrogens with one attached hydrogen (secondary N) is 1. The molecule has 2 fully saturated rings. The van der Waals surface area contributed by atoms with Crippen LogP contribution in [0.25, 0.3) is 10.9 Å². The number of hydrogen-bond acceptors (Lipinski definition) is 7. The molecule has 28 heavy (non-hydrogen) atoms. The van der Waals surface area contributed by atoms with Crippen LogP contribution in [0, 0.1) is 0 Å². The largest absolute Gasteiger partial charge is 0.370 e. The summed E-state index contributed by atoms with van der Waals surface area (Å²) in [6.45, 7) is 2.76. The number of amides is 1. The average Bonchev–Trinajstić information content (AvgIpc) is 3.43. The minimum atomic E-state index is -3.02. The summed E-state index contributed by atoms with van der Waals surface area (Å²) in [4.78, 5) is 23.9. The van der Waals surface area contributed by atoms with Gasteiger partial charge in [0.15, 0.2) is 15.0 Å². The molecule has 4 rings (SSSR count). The molecule has 1 aromatic heterocycles. The summed E-state index contributed by atoms with van der Waals surface area (Å²) < 4.78 is 23.7. The second-order valence-electron chi connectivity index (χ2n) is 7.28. The molecule has 1 atom stereocenters. The van der Waals surface area contributed by atoms with Crippen molar-refractivity contribution in [1.29, 1.82) is 0 Å². The lowest BCUT2D eigenvalue weighted by Crippen LogP contribution is -2.43. The zero-order valence-corrected chi connectivity index (χ0v) is 17.4. The fourth-order valence-corrected chi connectivity index (χ4v) is 6.11. The van der Waals surface area contributed by atoms with Crippen LogP contribution < -0.4 is 5.32 Å². The second-order valence-corrected chi connectivity index (χ2v) is 10.5. The highest BCUT2D eigenvalue weighted by Crippen LogP contribution is 2.33. The van der Waals surface area contributed by atoms with E-state index in [0.717, 1.165) is 36.1 Å². The summed E-state index contributed by atoms with van der Waals surface area (Å²) >= 11 is 1.31. The Bertz CT molecular complexity index is 992. The van der Waals surface area contributed by atoms with E-state index >= 15 is 0 Å². The number of thioether (sulfide) groups is 1. The Hall–Kier alpha value is -1.87. The normalized spacial score (nSPS) is 21.0. The zero-order chi connectivity index (χ0) is 19.7. The first-order chi connectivity index (χ1) is 13.5. The maximum absolute atomic E-state index is 12.9. The molecule has 1 aliphatic heterocycles. The quantitative estimate of drug-likeness (QED) is 0.543. The van der Waals surface area contributed by atoms with Gasteiger partial charge in [-0.3, -0.25) is 4.79 Å². The number of carbonyl (C=O) groups is 1. The Morgan fingerprint density at radius 2 is 2.00 bits per heavy atom. The summed E-state index contributed by atoms with van der Waals surface area (Å²) in [6, 6.07) is 7.81. The van der Waals surface area contributed by atoms with Crippen molar-refractivity contribution in [2.75, 3.05) is 29.1 Å². The molecule has 2 aromatic rings. The Morgan fingerprint density at radius 3 is 2.68 bits per heavy atom. The van der Waals surface area contributed by atoms with Crippen molar-refractivity contribution in [3.63, 3.8) is 0 Å². The van der Waals surface area contributed by atoms with Gasteiger partial charge < -0.3 is 10.2 Å². The minimum absolute atomic E-state index is 0.0173. The van der Waals surface area contributed by atoms with Crippen LogP contribution in [0.1, 0.15) is 26.2 Å². The van der Waals surface area contributed by atoms with Crippen molar-refractivity contribution in [1.82, 2.24) is 14.9 Å². The third-order valence-electron chi connectivity index (χ3n) is 5.08. The predicted octanol–water partition coefficient (Wildman–Crippen LogP) is 2.33. The van der Waals surface area contributed by atoms with Crippen LogP contribution >= 0.6 is 11.8 Å². The van der Waals surface area contributed by atoms with Crippen molar-refractivity contribution in [2.24, 2.45) is 0 Å². The molecular weight excluding hydrogens is 396 g/mol. The number of nitrogens with zero attached hydrogens (tertiary/aromatic N) is 3. The Labute approximate surface area is 169 Å². The number of benzene rings is 1. The number of para-hydroxylation sites is 1. The molecule has 0 bridgehead atoms. The molecule has 1 aromatic carbocycles. The van der Waals surface area contributed by atoms with Crippen LogP contribution in [0.3, 0.4) is 0 Å². The van der Waals surface area contributed by atoms with Crippen LogP contribution in [-0.4, -0.2) is 65.1 Å². The van der Waals surface area contributed by atoms with E-state index in [1.807, 2.05) is 36.1 Å². The maximum Gasteiger partial charge on any atom is 0.233 e. The van der Waals surface area contributed by atoms with E-state index in [4.69, 9.17) is 0 Å². The van der Waals surface area contributed by atoms with E-state index in [9.17, 15) is 13.2 Å². The smallest absolute Gasteiger partial charge is 0.233 e. The van der Waals surface area contributed by atoms with Gasteiger partial charge in [-0.05, 0) is 38.3 Å². The van der Waals surface area contributed by atoms with E-state index < -0.39 is 9.84 Å². The molecule has 0 spiro atoms. The highest BCUT2D eigenvalue weighted by molar-refractivity contribution is 7.99. The van der Waals surface area contributed by atoms with Gasteiger partial charge in [-0.1, -0.05) is 23.9 Å². The van der Waals surface area contributed by atoms with E-state index in [-0.39, 0.29) is 35.2 Å². The number of hydrogen-bond donors (Lipinski definition) is 1. The Kier molecular flexibility index (Phi) is 5.46. The number of carbonyl (C=O) groups excluding carboxylic acids is 1. The van der Waals surface area contributed by atoms with Gasteiger partial charge >= 0.3 is 0 Å². The molecular formula is C19H24N4O3S2. The molecule has 1 saturated heterocycles. The number of aromatic nitrogens is 2. The van der Waals surface area contributed by atoms with Crippen LogP contribution in [0.5, 0.6) is 0 Å². The van der Waals surface area contributed by atoms with Crippen molar-refractivity contribution < 1.29 is 13.2 Å². The zero-order valence-electron chi connectivity index (χ0n) is 15.8. The summed E-state index contributed by atoms with van der Waals surface area (Å²) in [6.07, 6.45) is 2.47. The van der Waals surface area contributed by atoms with Crippen LogP contribution in [-0.2, 0) is 14.6 Å².